The number of nitrogens with zero attached hydrogens (tertiary/aromatic N) is 4. The van der Waals surface area contributed by atoms with Crippen LogP contribution in [0.2, 0.25) is 0 Å². The summed E-state index contributed by atoms with van der Waals surface area (Å²) in [6.45, 7) is 9.66. The Kier molecular flexibility index (Phi) is 4.13. The molecule has 3 aromatic heterocycles. The van der Waals surface area contributed by atoms with Crippen molar-refractivity contribution in [1.29, 1.82) is 0 Å². The van der Waals surface area contributed by atoms with Crippen LogP contribution in [0.4, 0.5) is 0 Å². The van der Waals surface area contributed by atoms with Gasteiger partial charge in [0.1, 0.15) is 0 Å². The molecule has 0 radical (unpaired) electrons. The zero-order valence-electron chi connectivity index (χ0n) is 14.7. The van der Waals surface area contributed by atoms with Gasteiger partial charge in [-0.05, 0) is 40.7 Å². The molecule has 0 aliphatic rings. The summed E-state index contributed by atoms with van der Waals surface area (Å²) >= 11 is 1.65. The smallest absolute Gasteiger partial charge is 0.258 e. The number of fused-ring (bicyclic) bond motifs is 1. The van der Waals surface area contributed by atoms with Crippen molar-refractivity contribution in [3.63, 3.8) is 0 Å². The molecule has 0 N–H and O–H groups in total. The van der Waals surface area contributed by atoms with Crippen molar-refractivity contribution < 1.29 is 9.32 Å². The minimum absolute atomic E-state index is 0.0886. The van der Waals surface area contributed by atoms with E-state index in [1.54, 1.807) is 29.4 Å². The molecule has 0 aliphatic carbocycles. The van der Waals surface area contributed by atoms with E-state index in [2.05, 4.69) is 15.1 Å². The van der Waals surface area contributed by atoms with Crippen molar-refractivity contribution >= 4 is 28.3 Å². The van der Waals surface area contributed by atoms with Crippen LogP contribution in [-0.4, -0.2) is 33.0 Å². The predicted molar refractivity (Wildman–Crippen MR) is 93.4 cm³/mol. The van der Waals surface area contributed by atoms with E-state index < -0.39 is 0 Å². The van der Waals surface area contributed by atoms with Crippen LogP contribution in [0.1, 0.15) is 50.3 Å². The van der Waals surface area contributed by atoms with Gasteiger partial charge in [0.2, 0.25) is 0 Å². The van der Waals surface area contributed by atoms with E-state index in [1.165, 1.54) is 0 Å². The van der Waals surface area contributed by atoms with Crippen LogP contribution < -0.4 is 0 Å². The third-order valence-electron chi connectivity index (χ3n) is 4.21. The number of thiazole rings is 1. The highest BCUT2D eigenvalue weighted by atomic mass is 32.1. The van der Waals surface area contributed by atoms with E-state index in [-0.39, 0.29) is 11.9 Å². The average molecular weight is 344 g/mol. The van der Waals surface area contributed by atoms with Gasteiger partial charge in [-0.1, -0.05) is 5.16 Å². The van der Waals surface area contributed by atoms with Crippen molar-refractivity contribution in [2.75, 3.05) is 7.05 Å². The van der Waals surface area contributed by atoms with Gasteiger partial charge in [0.15, 0.2) is 0 Å². The molecule has 24 heavy (non-hydrogen) atoms. The molecule has 0 fully saturated rings. The second kappa shape index (κ2) is 5.98. The summed E-state index contributed by atoms with van der Waals surface area (Å²) in [5.41, 5.74) is 3.30. The Morgan fingerprint density at radius 2 is 1.96 bits per heavy atom. The molecule has 1 atom stereocenters. The molecule has 1 unspecified atom stereocenters. The van der Waals surface area contributed by atoms with E-state index in [0.717, 1.165) is 21.3 Å². The van der Waals surface area contributed by atoms with E-state index in [0.29, 0.717) is 22.4 Å². The Morgan fingerprint density at radius 1 is 1.25 bits per heavy atom. The average Bonchev–Trinajstić information content (AvgIpc) is 3.06. The zero-order valence-corrected chi connectivity index (χ0v) is 15.5. The van der Waals surface area contributed by atoms with Gasteiger partial charge in [0.25, 0.3) is 11.6 Å². The van der Waals surface area contributed by atoms with Crippen molar-refractivity contribution in [3.05, 3.63) is 38.6 Å². The van der Waals surface area contributed by atoms with Crippen LogP contribution in [0.15, 0.2) is 10.6 Å². The van der Waals surface area contributed by atoms with Gasteiger partial charge in [0, 0.05) is 17.6 Å². The molecular weight excluding hydrogens is 324 g/mol. The van der Waals surface area contributed by atoms with Gasteiger partial charge in [-0.3, -0.25) is 4.79 Å². The van der Waals surface area contributed by atoms with Crippen molar-refractivity contribution in [2.45, 2.75) is 40.7 Å². The minimum Gasteiger partial charge on any atom is -0.336 e. The summed E-state index contributed by atoms with van der Waals surface area (Å²) < 4.78 is 5.23. The van der Waals surface area contributed by atoms with Crippen LogP contribution in [0.3, 0.4) is 0 Å². The molecule has 0 aromatic carbocycles. The second-order valence-corrected chi connectivity index (χ2v) is 7.43. The first-order valence-electron chi connectivity index (χ1n) is 7.74. The molecular formula is C17H20N4O2S. The lowest BCUT2D eigenvalue weighted by Crippen LogP contribution is -2.30. The summed E-state index contributed by atoms with van der Waals surface area (Å²) in [5, 5.41) is 5.62. The number of hydrogen-bond acceptors (Lipinski definition) is 6. The molecule has 3 aromatic rings. The third kappa shape index (κ3) is 2.69. The number of carbonyl (C=O) groups is 1. The Bertz CT molecular complexity index is 928. The van der Waals surface area contributed by atoms with Gasteiger partial charge in [0.05, 0.1) is 33.4 Å². The molecule has 0 bridgehead atoms. The fourth-order valence-electron chi connectivity index (χ4n) is 2.87. The van der Waals surface area contributed by atoms with Crippen molar-refractivity contribution in [2.24, 2.45) is 0 Å². The number of pyridine rings is 1. The van der Waals surface area contributed by atoms with Crippen LogP contribution in [0.5, 0.6) is 0 Å². The normalized spacial score (nSPS) is 12.6. The van der Waals surface area contributed by atoms with Gasteiger partial charge >= 0.3 is 0 Å². The first-order chi connectivity index (χ1) is 11.3. The Labute approximate surface area is 144 Å². The highest BCUT2D eigenvalue weighted by Crippen LogP contribution is 2.29. The van der Waals surface area contributed by atoms with Crippen LogP contribution in [0, 0.1) is 27.7 Å². The molecule has 126 valence electrons. The van der Waals surface area contributed by atoms with Crippen LogP contribution in [0.25, 0.3) is 11.1 Å². The summed E-state index contributed by atoms with van der Waals surface area (Å²) in [7, 11) is 1.80. The highest BCUT2D eigenvalue weighted by molar-refractivity contribution is 7.11. The summed E-state index contributed by atoms with van der Waals surface area (Å²) in [6, 6.07) is 1.67. The molecule has 3 rings (SSSR count). The fraction of sp³-hybridized carbons (Fsp3) is 0.412. The number of amides is 1. The van der Waals surface area contributed by atoms with E-state index in [9.17, 15) is 4.79 Å². The number of hydrogen-bond donors (Lipinski definition) is 0. The van der Waals surface area contributed by atoms with Gasteiger partial charge < -0.3 is 9.42 Å². The number of carbonyl (C=O) groups excluding carboxylic acids is 1. The molecule has 1 amide bonds. The standard InChI is InChI=1S/C17H20N4O2S/c1-8-7-13(14-9(2)20-23-16(14)18-8)17(22)21(6)10(3)15-11(4)24-12(5)19-15/h7,10H,1-6H3. The SMILES string of the molecule is Cc1cc(C(=O)N(C)C(C)c2nc(C)sc2C)c2c(C)noc2n1. The lowest BCUT2D eigenvalue weighted by atomic mass is 10.1. The zero-order chi connectivity index (χ0) is 17.6. The molecule has 0 aliphatic heterocycles. The number of aromatic nitrogens is 3. The monoisotopic (exact) mass is 344 g/mol. The van der Waals surface area contributed by atoms with E-state index in [4.69, 9.17) is 4.52 Å². The first-order valence-corrected chi connectivity index (χ1v) is 8.56. The minimum atomic E-state index is -0.119. The summed E-state index contributed by atoms with van der Waals surface area (Å²) in [5.74, 6) is -0.0886. The van der Waals surface area contributed by atoms with Gasteiger partial charge in [-0.2, -0.15) is 0 Å². The quantitative estimate of drug-likeness (QED) is 0.723. The third-order valence-corrected chi connectivity index (χ3v) is 5.11. The van der Waals surface area contributed by atoms with Crippen LogP contribution in [-0.2, 0) is 0 Å². The fourth-order valence-corrected chi connectivity index (χ4v) is 3.78. The molecule has 0 saturated carbocycles. The van der Waals surface area contributed by atoms with Crippen molar-refractivity contribution in [1.82, 2.24) is 20.0 Å². The highest BCUT2D eigenvalue weighted by Gasteiger charge is 2.26. The topological polar surface area (TPSA) is 72.1 Å². The van der Waals surface area contributed by atoms with Gasteiger partial charge in [-0.25, -0.2) is 9.97 Å². The first kappa shape index (κ1) is 16.6. The second-order valence-electron chi connectivity index (χ2n) is 6.03. The molecule has 0 spiro atoms. The molecule has 6 nitrogen and oxygen atoms in total. The lowest BCUT2D eigenvalue weighted by molar-refractivity contribution is 0.0741. The van der Waals surface area contributed by atoms with E-state index in [1.807, 2.05) is 34.6 Å². The maximum Gasteiger partial charge on any atom is 0.258 e. The number of aryl methyl sites for hydroxylation is 4. The Hall–Kier alpha value is -2.28. The summed E-state index contributed by atoms with van der Waals surface area (Å²) in [6.07, 6.45) is 0. The summed E-state index contributed by atoms with van der Waals surface area (Å²) in [4.78, 5) is 24.8. The molecule has 0 saturated heterocycles. The lowest BCUT2D eigenvalue weighted by Gasteiger charge is -2.24. The largest absolute Gasteiger partial charge is 0.336 e. The van der Waals surface area contributed by atoms with Crippen molar-refractivity contribution in [3.8, 4) is 0 Å². The Balaban J connectivity index is 2.02. The maximum absolute atomic E-state index is 13.1. The van der Waals surface area contributed by atoms with Gasteiger partial charge in [-0.15, -0.1) is 11.3 Å². The predicted octanol–water partition coefficient (Wildman–Crippen LogP) is 3.75. The molecule has 3 heterocycles. The molecule has 7 heteroatoms. The maximum atomic E-state index is 13.1. The van der Waals surface area contributed by atoms with Crippen LogP contribution >= 0.6 is 11.3 Å². The number of rotatable bonds is 3. The van der Waals surface area contributed by atoms with E-state index >= 15 is 0 Å². The Morgan fingerprint density at radius 3 is 2.58 bits per heavy atom.